The Morgan fingerprint density at radius 2 is 2.00 bits per heavy atom. The maximum Gasteiger partial charge on any atom is 0.415 e. The third-order valence-corrected chi connectivity index (χ3v) is 7.20. The highest BCUT2D eigenvalue weighted by molar-refractivity contribution is 6.30. The number of nitrogens with zero attached hydrogens (tertiary/aromatic N) is 5. The number of ether oxygens (including phenoxy) is 1. The van der Waals surface area contributed by atoms with Gasteiger partial charge in [-0.05, 0) is 55.9 Å². The molecule has 2 saturated heterocycles. The average Bonchev–Trinajstić information content (AvgIpc) is 3.31. The number of aromatic nitrogens is 3. The Kier molecular flexibility index (Phi) is 5.89. The van der Waals surface area contributed by atoms with Gasteiger partial charge in [0.25, 0.3) is 0 Å². The minimum Gasteiger partial charge on any atom is -0.410 e. The van der Waals surface area contributed by atoms with Crippen LogP contribution in [0.4, 0.5) is 20.6 Å². The first-order valence-corrected chi connectivity index (χ1v) is 12.3. The normalized spacial score (nSPS) is 16.7. The molecule has 0 atom stereocenters. The maximum atomic E-state index is 14.3. The van der Waals surface area contributed by atoms with Crippen molar-refractivity contribution in [3.8, 4) is 17.0 Å². The van der Waals surface area contributed by atoms with Crippen LogP contribution < -0.4 is 10.1 Å². The summed E-state index contributed by atoms with van der Waals surface area (Å²) in [6, 6.07) is 13.2. The van der Waals surface area contributed by atoms with Crippen molar-refractivity contribution < 1.29 is 13.9 Å². The molecule has 0 saturated carbocycles. The van der Waals surface area contributed by atoms with Crippen molar-refractivity contribution >= 4 is 40.0 Å². The van der Waals surface area contributed by atoms with Crippen LogP contribution in [0, 0.1) is 11.2 Å². The molecule has 1 amide bonds. The van der Waals surface area contributed by atoms with Crippen LogP contribution in [0.1, 0.15) is 6.42 Å². The number of carbonyl (C=O) groups is 1. The number of pyridine rings is 1. The number of fused-ring (bicyclic) bond motifs is 1. The third-order valence-electron chi connectivity index (χ3n) is 6.96. The lowest BCUT2D eigenvalue weighted by molar-refractivity contribution is 0.0317. The van der Waals surface area contributed by atoms with Crippen molar-refractivity contribution in [2.45, 2.75) is 6.42 Å². The lowest BCUT2D eigenvalue weighted by Crippen LogP contribution is -2.55. The predicted octanol–water partition coefficient (Wildman–Crippen LogP) is 5.36. The summed E-state index contributed by atoms with van der Waals surface area (Å²) in [6.07, 6.45) is 3.90. The van der Waals surface area contributed by atoms with Gasteiger partial charge in [-0.1, -0.05) is 11.6 Å². The molecule has 2 aliphatic rings. The second-order valence-electron chi connectivity index (χ2n) is 9.83. The summed E-state index contributed by atoms with van der Waals surface area (Å²) in [5.41, 5.74) is 2.90. The van der Waals surface area contributed by atoms with Crippen molar-refractivity contribution in [3.63, 3.8) is 0 Å². The van der Waals surface area contributed by atoms with Gasteiger partial charge in [0.2, 0.25) is 0 Å². The van der Waals surface area contributed by atoms with E-state index in [0.717, 1.165) is 37.1 Å². The molecule has 0 bridgehead atoms. The van der Waals surface area contributed by atoms with Crippen LogP contribution in [0.5, 0.6) is 5.75 Å². The van der Waals surface area contributed by atoms with Gasteiger partial charge >= 0.3 is 6.09 Å². The van der Waals surface area contributed by atoms with Crippen molar-refractivity contribution in [1.29, 1.82) is 0 Å². The minimum absolute atomic E-state index is 0.222. The monoisotopic (exact) mass is 518 g/mol. The number of nitrogens with one attached hydrogen (secondary N) is 1. The Balaban J connectivity index is 1.19. The molecule has 0 unspecified atom stereocenters. The lowest BCUT2D eigenvalue weighted by Gasteiger charge is -2.45. The number of hydrogen-bond donors (Lipinski definition) is 1. The molecular formula is C27H24ClFN6O2. The van der Waals surface area contributed by atoms with Crippen LogP contribution >= 0.6 is 11.6 Å². The van der Waals surface area contributed by atoms with E-state index in [2.05, 4.69) is 32.4 Å². The average molecular weight is 519 g/mol. The summed E-state index contributed by atoms with van der Waals surface area (Å²) >= 11 is 6.04. The zero-order valence-electron chi connectivity index (χ0n) is 20.1. The van der Waals surface area contributed by atoms with Gasteiger partial charge in [-0.25, -0.2) is 9.18 Å². The van der Waals surface area contributed by atoms with Crippen LogP contribution in [-0.2, 0) is 0 Å². The van der Waals surface area contributed by atoms with E-state index in [1.807, 2.05) is 12.1 Å². The number of likely N-dealkylation sites (tertiary alicyclic amines) is 2. The van der Waals surface area contributed by atoms with Gasteiger partial charge in [0.1, 0.15) is 11.6 Å². The number of benzene rings is 2. The molecule has 2 aromatic heterocycles. The molecule has 4 aromatic rings. The molecule has 37 heavy (non-hydrogen) atoms. The summed E-state index contributed by atoms with van der Waals surface area (Å²) in [7, 11) is 2.10. The fourth-order valence-electron chi connectivity index (χ4n) is 5.33. The minimum atomic E-state index is -0.434. The molecule has 2 fully saturated rings. The molecule has 1 spiro atoms. The van der Waals surface area contributed by atoms with Crippen molar-refractivity contribution in [2.75, 3.05) is 38.5 Å². The van der Waals surface area contributed by atoms with E-state index in [0.29, 0.717) is 34.2 Å². The summed E-state index contributed by atoms with van der Waals surface area (Å²) < 4.78 is 20.0. The van der Waals surface area contributed by atoms with Crippen LogP contribution in [0.25, 0.3) is 22.2 Å². The van der Waals surface area contributed by atoms with Gasteiger partial charge < -0.3 is 19.9 Å². The first-order chi connectivity index (χ1) is 17.9. The van der Waals surface area contributed by atoms with E-state index in [1.165, 1.54) is 18.2 Å². The molecule has 8 nitrogen and oxygen atoms in total. The van der Waals surface area contributed by atoms with Crippen LogP contribution in [0.2, 0.25) is 5.02 Å². The SMILES string of the molecule is CN1CC2(CCN(C(=O)Oc3ccc4c(Nc5cnnc(-c6cc(Cl)ccc6F)c5)ccnc4c3)C2)C1. The summed E-state index contributed by atoms with van der Waals surface area (Å²) in [4.78, 5) is 21.3. The zero-order chi connectivity index (χ0) is 25.6. The lowest BCUT2D eigenvalue weighted by atomic mass is 9.80. The molecule has 4 heterocycles. The molecule has 6 rings (SSSR count). The fraction of sp³-hybridized carbons (Fsp3) is 0.259. The molecule has 188 valence electrons. The number of amides is 1. The summed E-state index contributed by atoms with van der Waals surface area (Å²) in [5.74, 6) is 0.00883. The van der Waals surface area contributed by atoms with E-state index in [9.17, 15) is 9.18 Å². The molecule has 2 aliphatic heterocycles. The smallest absolute Gasteiger partial charge is 0.410 e. The highest BCUT2D eigenvalue weighted by atomic mass is 35.5. The standard InChI is InChI=1S/C27H24ClFN6O2/c1-34-14-27(15-34)7-9-35(16-27)26(36)37-19-3-4-20-23(6-8-30-24(20)12-19)32-18-11-25(33-31-13-18)21-10-17(28)2-5-22(21)29/h2-6,8,10-13H,7,9,14-16H2,1H3,(H,30,32,33). The van der Waals surface area contributed by atoms with Gasteiger partial charge in [-0.3, -0.25) is 4.98 Å². The third kappa shape index (κ3) is 4.68. The van der Waals surface area contributed by atoms with E-state index >= 15 is 0 Å². The Hall–Kier alpha value is -3.82. The van der Waals surface area contributed by atoms with Crippen molar-refractivity contribution in [2.24, 2.45) is 5.41 Å². The number of halogens is 2. The molecule has 10 heteroatoms. The Labute approximate surface area is 218 Å². The second kappa shape index (κ2) is 9.24. The molecule has 1 N–H and O–H groups in total. The first kappa shape index (κ1) is 23.6. The summed E-state index contributed by atoms with van der Waals surface area (Å²) in [5, 5.41) is 12.6. The highest BCUT2D eigenvalue weighted by Crippen LogP contribution is 2.39. The number of carbonyl (C=O) groups excluding carboxylic acids is 1. The Bertz CT molecular complexity index is 1510. The quantitative estimate of drug-likeness (QED) is 0.389. The van der Waals surface area contributed by atoms with E-state index in [4.69, 9.17) is 16.3 Å². The van der Waals surface area contributed by atoms with Crippen molar-refractivity contribution in [1.82, 2.24) is 25.0 Å². The highest BCUT2D eigenvalue weighted by Gasteiger charge is 2.47. The van der Waals surface area contributed by atoms with Gasteiger partial charge in [-0.15, -0.1) is 0 Å². The molecule has 2 aromatic carbocycles. The topological polar surface area (TPSA) is 83.5 Å². The van der Waals surface area contributed by atoms with Crippen LogP contribution in [0.3, 0.4) is 0 Å². The zero-order valence-corrected chi connectivity index (χ0v) is 20.9. The summed E-state index contributed by atoms with van der Waals surface area (Å²) in [6.45, 7) is 3.49. The van der Waals surface area contributed by atoms with Crippen molar-refractivity contribution in [3.05, 3.63) is 71.8 Å². The Morgan fingerprint density at radius 1 is 1.14 bits per heavy atom. The van der Waals surface area contributed by atoms with E-state index < -0.39 is 5.82 Å². The number of rotatable bonds is 4. The van der Waals surface area contributed by atoms with Gasteiger partial charge in [-0.2, -0.15) is 10.2 Å². The van der Waals surface area contributed by atoms with Gasteiger partial charge in [0.05, 0.1) is 23.1 Å². The molecule has 0 radical (unpaired) electrons. The van der Waals surface area contributed by atoms with E-state index in [1.54, 1.807) is 35.5 Å². The van der Waals surface area contributed by atoms with E-state index in [-0.39, 0.29) is 17.1 Å². The van der Waals surface area contributed by atoms with Gasteiger partial charge in [0, 0.05) is 65.5 Å². The predicted molar refractivity (Wildman–Crippen MR) is 140 cm³/mol. The first-order valence-electron chi connectivity index (χ1n) is 12.0. The molecule has 0 aliphatic carbocycles. The molecular weight excluding hydrogens is 495 g/mol. The maximum absolute atomic E-state index is 14.3. The second-order valence-corrected chi connectivity index (χ2v) is 10.3. The van der Waals surface area contributed by atoms with Gasteiger partial charge in [0.15, 0.2) is 0 Å². The Morgan fingerprint density at radius 3 is 2.84 bits per heavy atom. The number of anilines is 2. The van der Waals surface area contributed by atoms with Crippen LogP contribution in [-0.4, -0.2) is 64.3 Å². The largest absolute Gasteiger partial charge is 0.415 e. The fourth-order valence-corrected chi connectivity index (χ4v) is 5.50. The number of hydrogen-bond acceptors (Lipinski definition) is 7. The van der Waals surface area contributed by atoms with Crippen LogP contribution in [0.15, 0.2) is 60.9 Å².